The lowest BCUT2D eigenvalue weighted by molar-refractivity contribution is -0.138. The van der Waals surface area contributed by atoms with E-state index < -0.39 is 23.7 Å². The maximum atomic E-state index is 13.6. The molecule has 3 rings (SSSR count). The molecule has 0 bridgehead atoms. The van der Waals surface area contributed by atoms with Gasteiger partial charge < -0.3 is 25.2 Å². The monoisotopic (exact) mass is 516 g/mol. The third-order valence-corrected chi connectivity index (χ3v) is 5.73. The molecule has 7 nitrogen and oxygen atoms in total. The highest BCUT2D eigenvalue weighted by Crippen LogP contribution is 2.38. The molecule has 10 heteroatoms. The number of urea groups is 1. The second-order valence-electron chi connectivity index (χ2n) is 8.32. The maximum Gasteiger partial charge on any atom is 0.416 e. The Balaban J connectivity index is 1.98. The lowest BCUT2D eigenvalue weighted by Crippen LogP contribution is -2.39. The number of benzene rings is 3. The summed E-state index contributed by atoms with van der Waals surface area (Å²) < 4.78 is 46.1. The minimum absolute atomic E-state index is 0.0479. The highest BCUT2D eigenvalue weighted by molar-refractivity contribution is 5.78. The highest BCUT2D eigenvalue weighted by atomic mass is 19.4. The van der Waals surface area contributed by atoms with Crippen LogP contribution in [0.15, 0.2) is 60.7 Å². The average Bonchev–Trinajstić information content (AvgIpc) is 2.84. The van der Waals surface area contributed by atoms with Crippen molar-refractivity contribution in [1.29, 1.82) is 0 Å². The van der Waals surface area contributed by atoms with Gasteiger partial charge >= 0.3 is 18.2 Å². The first-order chi connectivity index (χ1) is 17.5. The molecule has 3 aromatic rings. The summed E-state index contributed by atoms with van der Waals surface area (Å²) in [5.74, 6) is -0.650. The molecule has 37 heavy (non-hydrogen) atoms. The molecule has 0 aliphatic rings. The number of methoxy groups -OCH3 is 1. The van der Waals surface area contributed by atoms with Crippen LogP contribution in [0.1, 0.15) is 29.2 Å². The number of hydrogen-bond donors (Lipinski definition) is 3. The second kappa shape index (κ2) is 11.7. The van der Waals surface area contributed by atoms with E-state index in [1.807, 2.05) is 0 Å². The van der Waals surface area contributed by atoms with Crippen molar-refractivity contribution in [3.8, 4) is 22.6 Å². The van der Waals surface area contributed by atoms with Gasteiger partial charge in [-0.3, -0.25) is 4.79 Å². The average molecular weight is 517 g/mol. The third-order valence-electron chi connectivity index (χ3n) is 5.73. The third kappa shape index (κ3) is 7.16. The van der Waals surface area contributed by atoms with Gasteiger partial charge in [-0.15, -0.1) is 0 Å². The molecule has 0 heterocycles. The number of aromatic hydroxyl groups is 1. The van der Waals surface area contributed by atoms with E-state index in [1.54, 1.807) is 37.3 Å². The van der Waals surface area contributed by atoms with Gasteiger partial charge in [-0.05, 0) is 65.6 Å². The number of carbonyl (C=O) groups excluding carboxylic acids is 1. The van der Waals surface area contributed by atoms with Gasteiger partial charge in [0.1, 0.15) is 11.5 Å². The van der Waals surface area contributed by atoms with Crippen molar-refractivity contribution >= 4 is 12.0 Å². The molecule has 3 aromatic carbocycles. The number of ether oxygens (including phenoxy) is 1. The molecule has 2 amide bonds. The van der Waals surface area contributed by atoms with E-state index in [2.05, 4.69) is 5.32 Å². The number of carboxylic acid groups (broad SMARTS) is 1. The Morgan fingerprint density at radius 2 is 1.76 bits per heavy atom. The van der Waals surface area contributed by atoms with E-state index >= 15 is 0 Å². The lowest BCUT2D eigenvalue weighted by Gasteiger charge is -2.24. The van der Waals surface area contributed by atoms with Crippen LogP contribution >= 0.6 is 0 Å². The SMILES string of the molecule is CCN(Cc1cc(C(F)(F)F)ccc1-c1cc(CC(=O)O)ccc1OC)C(=O)NCc1cccc(O)c1. The number of rotatable bonds is 9. The minimum atomic E-state index is -4.60. The van der Waals surface area contributed by atoms with E-state index in [-0.39, 0.29) is 37.4 Å². The Labute approximate surface area is 212 Å². The first-order valence-electron chi connectivity index (χ1n) is 11.4. The van der Waals surface area contributed by atoms with Crippen LogP contribution in [0.25, 0.3) is 11.1 Å². The molecular formula is C27H27F3N2O5. The lowest BCUT2D eigenvalue weighted by atomic mass is 9.94. The highest BCUT2D eigenvalue weighted by Gasteiger charge is 2.31. The van der Waals surface area contributed by atoms with Crippen LogP contribution in [0, 0.1) is 0 Å². The predicted molar refractivity (Wildman–Crippen MR) is 131 cm³/mol. The zero-order valence-corrected chi connectivity index (χ0v) is 20.3. The van der Waals surface area contributed by atoms with E-state index in [1.165, 1.54) is 30.2 Å². The van der Waals surface area contributed by atoms with Crippen LogP contribution in [0.3, 0.4) is 0 Å². The fraction of sp³-hybridized carbons (Fsp3) is 0.259. The van der Waals surface area contributed by atoms with Gasteiger partial charge in [0.2, 0.25) is 0 Å². The van der Waals surface area contributed by atoms with Gasteiger partial charge in [-0.25, -0.2) is 4.79 Å². The van der Waals surface area contributed by atoms with E-state index in [0.29, 0.717) is 28.0 Å². The molecule has 3 N–H and O–H groups in total. The molecule has 0 aromatic heterocycles. The topological polar surface area (TPSA) is 99.1 Å². The predicted octanol–water partition coefficient (Wildman–Crippen LogP) is 5.45. The number of nitrogens with one attached hydrogen (secondary N) is 1. The van der Waals surface area contributed by atoms with Gasteiger partial charge in [-0.1, -0.05) is 24.3 Å². The first kappa shape index (κ1) is 27.4. The molecule has 0 radical (unpaired) electrons. The smallest absolute Gasteiger partial charge is 0.416 e. The standard InChI is InChI=1S/C27H27F3N2O5/c1-3-32(26(36)31-15-18-5-4-6-21(33)11-18)16-19-14-20(27(28,29)30)8-9-22(19)23-12-17(13-25(34)35)7-10-24(23)37-2/h4-12,14,33H,3,13,15-16H2,1-2H3,(H,31,36)(H,34,35). The van der Waals surface area contributed by atoms with Crippen molar-refractivity contribution in [3.63, 3.8) is 0 Å². The molecule has 0 saturated carbocycles. The number of halogens is 3. The summed E-state index contributed by atoms with van der Waals surface area (Å²) in [5.41, 5.74) is 1.25. The second-order valence-corrected chi connectivity index (χ2v) is 8.32. The normalized spacial score (nSPS) is 11.2. The summed E-state index contributed by atoms with van der Waals surface area (Å²) in [6, 6.07) is 13.8. The number of hydrogen-bond acceptors (Lipinski definition) is 4. The summed E-state index contributed by atoms with van der Waals surface area (Å²) in [5, 5.41) is 21.5. The molecule has 196 valence electrons. The zero-order chi connectivity index (χ0) is 27.2. The Morgan fingerprint density at radius 3 is 2.38 bits per heavy atom. The van der Waals surface area contributed by atoms with E-state index in [4.69, 9.17) is 4.74 Å². The Bertz CT molecular complexity index is 1280. The molecular weight excluding hydrogens is 489 g/mol. The number of amides is 2. The number of phenols is 1. The molecule has 0 spiro atoms. The summed E-state index contributed by atoms with van der Waals surface area (Å²) in [4.78, 5) is 25.5. The van der Waals surface area contributed by atoms with E-state index in [0.717, 1.165) is 12.1 Å². The van der Waals surface area contributed by atoms with Crippen LogP contribution < -0.4 is 10.1 Å². The number of nitrogens with zero attached hydrogens (tertiary/aromatic N) is 1. The van der Waals surface area contributed by atoms with Gasteiger partial charge in [0.05, 0.1) is 19.1 Å². The zero-order valence-electron chi connectivity index (χ0n) is 20.3. The minimum Gasteiger partial charge on any atom is -0.508 e. The van der Waals surface area contributed by atoms with Crippen LogP contribution in [-0.4, -0.2) is 40.8 Å². The van der Waals surface area contributed by atoms with Gasteiger partial charge in [0.15, 0.2) is 0 Å². The summed E-state index contributed by atoms with van der Waals surface area (Å²) >= 11 is 0. The van der Waals surface area contributed by atoms with Crippen LogP contribution in [0.2, 0.25) is 0 Å². The Kier molecular flexibility index (Phi) is 8.65. The fourth-order valence-electron chi connectivity index (χ4n) is 3.90. The van der Waals surface area contributed by atoms with Crippen molar-refractivity contribution in [2.75, 3.05) is 13.7 Å². The number of phenolic OH excluding ortho intramolecular Hbond substituents is 1. The summed E-state index contributed by atoms with van der Waals surface area (Å²) in [6.45, 7) is 1.88. The Morgan fingerprint density at radius 1 is 1.00 bits per heavy atom. The molecule has 0 aliphatic heterocycles. The Hall–Kier alpha value is -4.21. The van der Waals surface area contributed by atoms with Crippen LogP contribution in [0.5, 0.6) is 11.5 Å². The maximum absolute atomic E-state index is 13.6. The van der Waals surface area contributed by atoms with Gasteiger partial charge in [0.25, 0.3) is 0 Å². The van der Waals surface area contributed by atoms with Crippen LogP contribution in [0.4, 0.5) is 18.0 Å². The number of alkyl halides is 3. The fourth-order valence-corrected chi connectivity index (χ4v) is 3.90. The first-order valence-corrected chi connectivity index (χ1v) is 11.4. The van der Waals surface area contributed by atoms with Gasteiger partial charge in [-0.2, -0.15) is 13.2 Å². The van der Waals surface area contributed by atoms with Crippen LogP contribution in [-0.2, 0) is 30.5 Å². The van der Waals surface area contributed by atoms with Crippen molar-refractivity contribution in [1.82, 2.24) is 10.2 Å². The number of carboxylic acids is 1. The summed E-state index contributed by atoms with van der Waals surface area (Å²) in [6.07, 6.45) is -4.87. The molecule has 0 saturated heterocycles. The van der Waals surface area contributed by atoms with E-state index in [9.17, 15) is 33.0 Å². The summed E-state index contributed by atoms with van der Waals surface area (Å²) in [7, 11) is 1.41. The number of aliphatic carboxylic acids is 1. The quantitative estimate of drug-likeness (QED) is 0.352. The molecule has 0 aliphatic carbocycles. The number of carbonyl (C=O) groups is 2. The van der Waals surface area contributed by atoms with Crippen molar-refractivity contribution in [2.24, 2.45) is 0 Å². The molecule has 0 atom stereocenters. The van der Waals surface area contributed by atoms with Crippen molar-refractivity contribution in [3.05, 3.63) is 82.9 Å². The van der Waals surface area contributed by atoms with Crippen molar-refractivity contribution < 1.29 is 37.7 Å². The van der Waals surface area contributed by atoms with Crippen molar-refractivity contribution in [2.45, 2.75) is 32.6 Å². The molecule has 0 unspecified atom stereocenters. The van der Waals surface area contributed by atoms with Gasteiger partial charge in [0, 0.05) is 25.2 Å². The molecule has 0 fully saturated rings. The largest absolute Gasteiger partial charge is 0.508 e.